The van der Waals surface area contributed by atoms with E-state index in [0.29, 0.717) is 17.2 Å². The van der Waals surface area contributed by atoms with Gasteiger partial charge in [0.2, 0.25) is 10.0 Å². The molecule has 0 aliphatic rings. The number of nitrogens with one attached hydrogen (secondary N) is 1. The molecule has 0 aliphatic heterocycles. The highest BCUT2D eigenvalue weighted by atomic mass is 32.2. The molecular formula is C11H15N3O2S3. The summed E-state index contributed by atoms with van der Waals surface area (Å²) >= 11 is 2.71. The zero-order chi connectivity index (χ0) is 13.9. The van der Waals surface area contributed by atoms with Crippen molar-refractivity contribution in [1.29, 1.82) is 0 Å². The van der Waals surface area contributed by atoms with Crippen LogP contribution in [0.4, 0.5) is 0 Å². The summed E-state index contributed by atoms with van der Waals surface area (Å²) in [5.41, 5.74) is 8.03. The van der Waals surface area contributed by atoms with Crippen LogP contribution in [0, 0.1) is 6.92 Å². The Morgan fingerprint density at radius 1 is 1.42 bits per heavy atom. The van der Waals surface area contributed by atoms with Gasteiger partial charge in [0.05, 0.1) is 11.2 Å². The maximum absolute atomic E-state index is 12.1. The van der Waals surface area contributed by atoms with Gasteiger partial charge < -0.3 is 5.73 Å². The number of aromatic nitrogens is 1. The molecule has 2 heterocycles. The van der Waals surface area contributed by atoms with Crippen LogP contribution in [0.3, 0.4) is 0 Å². The highest BCUT2D eigenvalue weighted by Gasteiger charge is 2.17. The minimum Gasteiger partial charge on any atom is -0.330 e. The third-order valence-electron chi connectivity index (χ3n) is 2.56. The Morgan fingerprint density at radius 3 is 2.84 bits per heavy atom. The molecule has 0 unspecified atom stereocenters. The fourth-order valence-electron chi connectivity index (χ4n) is 1.51. The van der Waals surface area contributed by atoms with Crippen LogP contribution in [0.1, 0.15) is 15.4 Å². The second-order valence-electron chi connectivity index (χ2n) is 3.94. The molecule has 0 fully saturated rings. The maximum Gasteiger partial charge on any atom is 0.250 e. The van der Waals surface area contributed by atoms with Crippen LogP contribution in [-0.2, 0) is 23.0 Å². The van der Waals surface area contributed by atoms with Gasteiger partial charge in [0.15, 0.2) is 0 Å². The van der Waals surface area contributed by atoms with Crippen LogP contribution < -0.4 is 10.5 Å². The lowest BCUT2D eigenvalue weighted by Gasteiger charge is -2.03. The quantitative estimate of drug-likeness (QED) is 0.845. The van der Waals surface area contributed by atoms with E-state index in [4.69, 9.17) is 5.73 Å². The van der Waals surface area contributed by atoms with Crippen molar-refractivity contribution in [3.8, 4) is 0 Å². The van der Waals surface area contributed by atoms with Crippen LogP contribution in [0.2, 0.25) is 0 Å². The predicted octanol–water partition coefficient (Wildman–Crippen LogP) is 1.49. The molecule has 8 heteroatoms. The first-order valence-electron chi connectivity index (χ1n) is 5.70. The number of nitrogens with two attached hydrogens (primary N) is 1. The third-order valence-corrected chi connectivity index (χ3v) is 6.53. The van der Waals surface area contributed by atoms with Crippen LogP contribution in [0.25, 0.3) is 0 Å². The molecule has 0 aliphatic carbocycles. The first-order chi connectivity index (χ1) is 9.03. The van der Waals surface area contributed by atoms with Crippen molar-refractivity contribution >= 4 is 32.7 Å². The molecule has 2 aromatic rings. The Bertz CT molecular complexity index is 646. The molecule has 2 aromatic heterocycles. The van der Waals surface area contributed by atoms with Gasteiger partial charge in [0.25, 0.3) is 0 Å². The van der Waals surface area contributed by atoms with Gasteiger partial charge in [-0.05, 0) is 32.0 Å². The summed E-state index contributed by atoms with van der Waals surface area (Å²) in [6.07, 6.45) is 0.703. The van der Waals surface area contributed by atoms with Gasteiger partial charge in [-0.2, -0.15) is 0 Å². The Balaban J connectivity index is 2.07. The molecule has 0 saturated carbocycles. The molecule has 19 heavy (non-hydrogen) atoms. The molecule has 0 atom stereocenters. The van der Waals surface area contributed by atoms with E-state index in [-0.39, 0.29) is 6.54 Å². The average Bonchev–Trinajstić information content (AvgIpc) is 2.97. The van der Waals surface area contributed by atoms with E-state index >= 15 is 0 Å². The standard InChI is InChI=1S/C11H15N3O2S3/c1-8-10(17-7-13-8)6-14-19(15,16)11-3-2-9(18-11)4-5-12/h2-3,7,14H,4-6,12H2,1H3. The van der Waals surface area contributed by atoms with Crippen molar-refractivity contribution in [1.82, 2.24) is 9.71 Å². The van der Waals surface area contributed by atoms with Crippen LogP contribution in [0.15, 0.2) is 21.9 Å². The molecule has 0 amide bonds. The van der Waals surface area contributed by atoms with E-state index in [2.05, 4.69) is 9.71 Å². The number of sulfonamides is 1. The monoisotopic (exact) mass is 317 g/mol. The number of thiazole rings is 1. The van der Waals surface area contributed by atoms with Crippen molar-refractivity contribution < 1.29 is 8.42 Å². The lowest BCUT2D eigenvalue weighted by Crippen LogP contribution is -2.22. The lowest BCUT2D eigenvalue weighted by molar-refractivity contribution is 0.584. The molecule has 0 radical (unpaired) electrons. The van der Waals surface area contributed by atoms with E-state index in [1.807, 2.05) is 13.0 Å². The number of aryl methyl sites for hydroxylation is 1. The number of hydrogen-bond donors (Lipinski definition) is 2. The fourth-order valence-corrected chi connectivity index (χ4v) is 4.73. The fraction of sp³-hybridized carbons (Fsp3) is 0.364. The summed E-state index contributed by atoms with van der Waals surface area (Å²) in [6.45, 7) is 2.67. The number of thiophene rings is 1. The second kappa shape index (κ2) is 6.10. The Kier molecular flexibility index (Phi) is 4.69. The smallest absolute Gasteiger partial charge is 0.250 e. The van der Waals surface area contributed by atoms with Gasteiger partial charge in [0.1, 0.15) is 4.21 Å². The van der Waals surface area contributed by atoms with Crippen molar-refractivity contribution in [2.45, 2.75) is 24.1 Å². The Hall–Kier alpha value is -0.800. The van der Waals surface area contributed by atoms with E-state index in [9.17, 15) is 8.42 Å². The second-order valence-corrected chi connectivity index (χ2v) is 8.05. The first-order valence-corrected chi connectivity index (χ1v) is 8.88. The molecule has 2 rings (SSSR count). The summed E-state index contributed by atoms with van der Waals surface area (Å²) in [5.74, 6) is 0. The molecule has 5 nitrogen and oxygen atoms in total. The van der Waals surface area contributed by atoms with Gasteiger partial charge in [-0.1, -0.05) is 0 Å². The Morgan fingerprint density at radius 2 is 2.21 bits per heavy atom. The minimum atomic E-state index is -3.44. The normalized spacial score (nSPS) is 11.9. The highest BCUT2D eigenvalue weighted by Crippen LogP contribution is 2.22. The molecule has 0 aromatic carbocycles. The zero-order valence-corrected chi connectivity index (χ0v) is 12.9. The van der Waals surface area contributed by atoms with Gasteiger partial charge in [-0.25, -0.2) is 18.1 Å². The van der Waals surface area contributed by atoms with E-state index < -0.39 is 10.0 Å². The largest absolute Gasteiger partial charge is 0.330 e. The van der Waals surface area contributed by atoms with Crippen LogP contribution in [-0.4, -0.2) is 19.9 Å². The van der Waals surface area contributed by atoms with Crippen molar-refractivity contribution in [2.24, 2.45) is 5.73 Å². The molecule has 0 bridgehead atoms. The summed E-state index contributed by atoms with van der Waals surface area (Å²) in [4.78, 5) is 6.01. The van der Waals surface area contributed by atoms with E-state index in [1.54, 1.807) is 11.6 Å². The van der Waals surface area contributed by atoms with Crippen LogP contribution in [0.5, 0.6) is 0 Å². The average molecular weight is 317 g/mol. The molecule has 0 saturated heterocycles. The summed E-state index contributed by atoms with van der Waals surface area (Å²) in [7, 11) is -3.44. The minimum absolute atomic E-state index is 0.281. The van der Waals surface area contributed by atoms with Crippen molar-refractivity contribution in [3.63, 3.8) is 0 Å². The molecule has 104 valence electrons. The summed E-state index contributed by atoms with van der Waals surface area (Å²) in [6, 6.07) is 3.43. The third kappa shape index (κ3) is 3.61. The topological polar surface area (TPSA) is 85.1 Å². The van der Waals surface area contributed by atoms with E-state index in [0.717, 1.165) is 15.4 Å². The first kappa shape index (κ1) is 14.6. The lowest BCUT2D eigenvalue weighted by atomic mass is 10.3. The van der Waals surface area contributed by atoms with Gasteiger partial charge >= 0.3 is 0 Å². The number of nitrogens with zero attached hydrogens (tertiary/aromatic N) is 1. The van der Waals surface area contributed by atoms with Gasteiger partial charge in [0, 0.05) is 16.3 Å². The Labute approximate surface area is 120 Å². The van der Waals surface area contributed by atoms with Crippen LogP contribution >= 0.6 is 22.7 Å². The maximum atomic E-state index is 12.1. The van der Waals surface area contributed by atoms with Crippen molar-refractivity contribution in [2.75, 3.05) is 6.54 Å². The SMILES string of the molecule is Cc1ncsc1CNS(=O)(=O)c1ccc(CCN)s1. The molecule has 0 spiro atoms. The summed E-state index contributed by atoms with van der Waals surface area (Å²) < 4.78 is 27.1. The van der Waals surface area contributed by atoms with Crippen molar-refractivity contribution in [3.05, 3.63) is 33.1 Å². The van der Waals surface area contributed by atoms with Gasteiger partial charge in [-0.15, -0.1) is 22.7 Å². The predicted molar refractivity (Wildman–Crippen MR) is 78.0 cm³/mol. The molecule has 3 N–H and O–H groups in total. The summed E-state index contributed by atoms with van der Waals surface area (Å²) in [5, 5.41) is 0. The number of rotatable bonds is 6. The number of hydrogen-bond acceptors (Lipinski definition) is 6. The molecular weight excluding hydrogens is 302 g/mol. The highest BCUT2D eigenvalue weighted by molar-refractivity contribution is 7.91. The van der Waals surface area contributed by atoms with Gasteiger partial charge in [-0.3, -0.25) is 0 Å². The van der Waals surface area contributed by atoms with E-state index in [1.165, 1.54) is 22.7 Å². The zero-order valence-electron chi connectivity index (χ0n) is 10.4.